The molecule has 2 aliphatic rings. The number of guanidine groups is 1. The first-order valence-corrected chi connectivity index (χ1v) is 7.46. The highest BCUT2D eigenvalue weighted by atomic mass is 16.2. The predicted octanol–water partition coefficient (Wildman–Crippen LogP) is 1.96. The number of aliphatic imine (C=N–C) groups is 1. The molecule has 0 saturated heterocycles. The summed E-state index contributed by atoms with van der Waals surface area (Å²) in [6.45, 7) is 8.89. The standard InChI is InChI=1S/C10H17N3O.C3H8.C2H2.CH5N/c1-10(2)5-8(14)13(9(11)12-10)6-7-3-4-7;1-3-2;2*1-2/h7H,3-6H2,1-2H3,(H2,11,12);3H2,1-2H3;1-2H;2H2,1H3. The number of nitrogens with zero attached hydrogens (tertiary/aromatic N) is 2. The van der Waals surface area contributed by atoms with E-state index in [2.05, 4.69) is 37.4 Å². The zero-order chi connectivity index (χ0) is 17.1. The Morgan fingerprint density at radius 1 is 1.29 bits per heavy atom. The topological polar surface area (TPSA) is 84.7 Å². The van der Waals surface area contributed by atoms with Gasteiger partial charge >= 0.3 is 0 Å². The minimum Gasteiger partial charge on any atom is -0.369 e. The third-order valence-electron chi connectivity index (χ3n) is 2.72. The van der Waals surface area contributed by atoms with Crippen molar-refractivity contribution in [3.8, 4) is 12.8 Å². The van der Waals surface area contributed by atoms with E-state index in [0.29, 0.717) is 18.3 Å². The van der Waals surface area contributed by atoms with Gasteiger partial charge in [-0.15, -0.1) is 12.8 Å². The van der Waals surface area contributed by atoms with E-state index >= 15 is 0 Å². The number of amides is 1. The van der Waals surface area contributed by atoms with E-state index in [9.17, 15) is 4.79 Å². The van der Waals surface area contributed by atoms with E-state index in [1.165, 1.54) is 26.3 Å². The van der Waals surface area contributed by atoms with Crippen molar-refractivity contribution >= 4 is 11.9 Å². The van der Waals surface area contributed by atoms with Crippen LogP contribution in [0.4, 0.5) is 0 Å². The third kappa shape index (κ3) is 9.09. The van der Waals surface area contributed by atoms with Gasteiger partial charge in [0.1, 0.15) is 0 Å². The van der Waals surface area contributed by atoms with E-state index in [0.717, 1.165) is 6.54 Å². The number of rotatable bonds is 2. The number of hydrogen-bond acceptors (Lipinski definition) is 4. The van der Waals surface area contributed by atoms with Crippen LogP contribution in [0.1, 0.15) is 53.4 Å². The van der Waals surface area contributed by atoms with Crippen molar-refractivity contribution in [3.63, 3.8) is 0 Å². The van der Waals surface area contributed by atoms with Crippen LogP contribution in [0.3, 0.4) is 0 Å². The first kappa shape index (κ1) is 21.8. The van der Waals surface area contributed by atoms with Gasteiger partial charge in [-0.25, -0.2) is 4.99 Å². The Bertz CT molecular complexity index is 343. The molecule has 0 atom stereocenters. The molecule has 122 valence electrons. The van der Waals surface area contributed by atoms with Crippen molar-refractivity contribution in [2.75, 3.05) is 13.6 Å². The fraction of sp³-hybridized carbons (Fsp3) is 0.750. The van der Waals surface area contributed by atoms with Gasteiger partial charge in [-0.05, 0) is 39.7 Å². The maximum Gasteiger partial charge on any atom is 0.231 e. The first-order valence-electron chi connectivity index (χ1n) is 7.46. The zero-order valence-corrected chi connectivity index (χ0v) is 14.2. The molecule has 0 aromatic heterocycles. The Labute approximate surface area is 130 Å². The van der Waals surface area contributed by atoms with Crippen LogP contribution in [-0.2, 0) is 4.79 Å². The molecule has 1 aliphatic heterocycles. The lowest BCUT2D eigenvalue weighted by molar-refractivity contribution is -0.129. The normalized spacial score (nSPS) is 18.8. The molecule has 0 aromatic carbocycles. The average Bonchev–Trinajstić information content (AvgIpc) is 3.23. The van der Waals surface area contributed by atoms with Crippen molar-refractivity contribution in [2.45, 2.75) is 58.9 Å². The minimum absolute atomic E-state index is 0.120. The van der Waals surface area contributed by atoms with Crippen LogP contribution in [0.5, 0.6) is 0 Å². The summed E-state index contributed by atoms with van der Waals surface area (Å²) in [5, 5.41) is 0. The molecule has 4 N–H and O–H groups in total. The molecule has 0 bridgehead atoms. The lowest BCUT2D eigenvalue weighted by Gasteiger charge is -2.32. The molecule has 5 heteroatoms. The number of hydrogen-bond donors (Lipinski definition) is 2. The molecule has 21 heavy (non-hydrogen) atoms. The van der Waals surface area contributed by atoms with E-state index in [1.54, 1.807) is 4.90 Å². The fourth-order valence-electron chi connectivity index (χ4n) is 1.76. The Morgan fingerprint density at radius 2 is 1.71 bits per heavy atom. The molecular weight excluding hydrogens is 264 g/mol. The van der Waals surface area contributed by atoms with Gasteiger partial charge in [-0.2, -0.15) is 0 Å². The molecule has 1 saturated carbocycles. The van der Waals surface area contributed by atoms with Crippen LogP contribution in [0.2, 0.25) is 0 Å². The summed E-state index contributed by atoms with van der Waals surface area (Å²) in [5.74, 6) is 1.18. The summed E-state index contributed by atoms with van der Waals surface area (Å²) >= 11 is 0. The Hall–Kier alpha value is -1.54. The van der Waals surface area contributed by atoms with Gasteiger partial charge in [-0.3, -0.25) is 9.69 Å². The van der Waals surface area contributed by atoms with Gasteiger partial charge in [0.15, 0.2) is 5.96 Å². The number of nitrogens with two attached hydrogens (primary N) is 2. The molecule has 2 rings (SSSR count). The monoisotopic (exact) mass is 296 g/mol. The SMILES string of the molecule is C#C.CC1(C)CC(=O)N(CC2CC2)C(N)=N1.CCC.CN. The minimum atomic E-state index is -0.318. The highest BCUT2D eigenvalue weighted by molar-refractivity contribution is 5.98. The lowest BCUT2D eigenvalue weighted by atomic mass is 9.99. The zero-order valence-electron chi connectivity index (χ0n) is 14.2. The fourth-order valence-corrected chi connectivity index (χ4v) is 1.76. The van der Waals surface area contributed by atoms with Crippen molar-refractivity contribution in [1.29, 1.82) is 0 Å². The van der Waals surface area contributed by atoms with Gasteiger partial charge in [0.2, 0.25) is 5.91 Å². The number of carbonyl (C=O) groups is 1. The predicted molar refractivity (Wildman–Crippen MR) is 90.7 cm³/mol. The van der Waals surface area contributed by atoms with Gasteiger partial charge in [0.05, 0.1) is 12.0 Å². The highest BCUT2D eigenvalue weighted by Crippen LogP contribution is 2.31. The summed E-state index contributed by atoms with van der Waals surface area (Å²) < 4.78 is 0. The van der Waals surface area contributed by atoms with E-state index in [-0.39, 0.29) is 11.4 Å². The number of carbonyl (C=O) groups excluding carboxylic acids is 1. The molecule has 0 spiro atoms. The smallest absolute Gasteiger partial charge is 0.231 e. The maximum absolute atomic E-state index is 11.7. The van der Waals surface area contributed by atoms with Crippen LogP contribution in [0.25, 0.3) is 0 Å². The first-order chi connectivity index (χ1) is 9.89. The molecular formula is C16H32N4O. The summed E-state index contributed by atoms with van der Waals surface area (Å²) in [6, 6.07) is 0. The second-order valence-electron chi connectivity index (χ2n) is 5.61. The van der Waals surface area contributed by atoms with E-state index in [4.69, 9.17) is 5.73 Å². The summed E-state index contributed by atoms with van der Waals surface area (Å²) in [7, 11) is 1.50. The molecule has 1 aliphatic carbocycles. The van der Waals surface area contributed by atoms with Gasteiger partial charge in [0, 0.05) is 6.54 Å². The van der Waals surface area contributed by atoms with Crippen molar-refractivity contribution in [1.82, 2.24) is 4.90 Å². The molecule has 1 fully saturated rings. The third-order valence-corrected chi connectivity index (χ3v) is 2.72. The summed E-state index contributed by atoms with van der Waals surface area (Å²) in [6.07, 6.45) is 12.2. The Kier molecular flexibility index (Phi) is 11.6. The van der Waals surface area contributed by atoms with Gasteiger partial charge in [-0.1, -0.05) is 20.3 Å². The summed E-state index contributed by atoms with van der Waals surface area (Å²) in [5.41, 5.74) is 9.96. The average molecular weight is 296 g/mol. The van der Waals surface area contributed by atoms with Gasteiger partial charge < -0.3 is 11.5 Å². The quantitative estimate of drug-likeness (QED) is 0.764. The van der Waals surface area contributed by atoms with Crippen LogP contribution < -0.4 is 11.5 Å². The largest absolute Gasteiger partial charge is 0.369 e. The Morgan fingerprint density at radius 3 is 2.05 bits per heavy atom. The van der Waals surface area contributed by atoms with Crippen molar-refractivity contribution < 1.29 is 4.79 Å². The van der Waals surface area contributed by atoms with Crippen molar-refractivity contribution in [2.24, 2.45) is 22.4 Å². The van der Waals surface area contributed by atoms with Crippen molar-refractivity contribution in [3.05, 3.63) is 0 Å². The second kappa shape index (κ2) is 11.2. The maximum atomic E-state index is 11.7. The highest BCUT2D eigenvalue weighted by Gasteiger charge is 2.35. The van der Waals surface area contributed by atoms with Crippen LogP contribution in [0.15, 0.2) is 4.99 Å². The molecule has 1 amide bonds. The van der Waals surface area contributed by atoms with E-state index < -0.39 is 0 Å². The molecule has 0 unspecified atom stereocenters. The van der Waals surface area contributed by atoms with Crippen LogP contribution in [0, 0.1) is 18.8 Å². The lowest BCUT2D eigenvalue weighted by Crippen LogP contribution is -2.50. The van der Waals surface area contributed by atoms with Crippen LogP contribution >= 0.6 is 0 Å². The second-order valence-corrected chi connectivity index (χ2v) is 5.61. The number of terminal acetylenes is 1. The summed E-state index contributed by atoms with van der Waals surface area (Å²) in [4.78, 5) is 17.7. The van der Waals surface area contributed by atoms with E-state index in [1.807, 2.05) is 13.8 Å². The molecule has 0 aromatic rings. The van der Waals surface area contributed by atoms with Gasteiger partial charge in [0.25, 0.3) is 0 Å². The molecule has 0 radical (unpaired) electrons. The Balaban J connectivity index is 0. The van der Waals surface area contributed by atoms with Crippen LogP contribution in [-0.4, -0.2) is 35.9 Å². The molecule has 5 nitrogen and oxygen atoms in total. The molecule has 1 heterocycles.